The monoisotopic (exact) mass is 493 g/mol. The molecule has 0 aromatic heterocycles. The summed E-state index contributed by atoms with van der Waals surface area (Å²) in [4.78, 5) is 14.6. The molecule has 0 bridgehead atoms. The van der Waals surface area contributed by atoms with E-state index in [0.717, 1.165) is 25.8 Å². The molecule has 0 aromatic rings. The topological polar surface area (TPSA) is 29.5 Å². The van der Waals surface area contributed by atoms with E-state index in [1.165, 1.54) is 116 Å². The van der Waals surface area contributed by atoms with Gasteiger partial charge >= 0.3 is 5.97 Å². The number of hydrogen-bond acceptors (Lipinski definition) is 3. The highest BCUT2D eigenvalue weighted by molar-refractivity contribution is 5.69. The Hall–Kier alpha value is -0.830. The average molecular weight is 494 g/mol. The first-order valence-electron chi connectivity index (χ1n) is 15.5. The lowest BCUT2D eigenvalue weighted by atomic mass is 9.93. The van der Waals surface area contributed by atoms with E-state index in [-0.39, 0.29) is 5.97 Å². The van der Waals surface area contributed by atoms with Gasteiger partial charge in [0.2, 0.25) is 0 Å². The predicted molar refractivity (Wildman–Crippen MR) is 155 cm³/mol. The van der Waals surface area contributed by atoms with Gasteiger partial charge in [-0.3, -0.25) is 4.79 Å². The molecule has 0 heterocycles. The van der Waals surface area contributed by atoms with E-state index in [1.54, 1.807) is 0 Å². The molecule has 0 radical (unpaired) electrons. The van der Waals surface area contributed by atoms with Crippen molar-refractivity contribution in [2.75, 3.05) is 27.2 Å². The smallest absolute Gasteiger partial charge is 0.306 e. The summed E-state index contributed by atoms with van der Waals surface area (Å²) in [6, 6.07) is 0. The fourth-order valence-electron chi connectivity index (χ4n) is 4.73. The number of allylic oxidation sites excluding steroid dienone is 1. The molecule has 0 aliphatic carbocycles. The van der Waals surface area contributed by atoms with Gasteiger partial charge in [0, 0.05) is 6.42 Å². The average Bonchev–Trinajstić information content (AvgIpc) is 2.84. The molecule has 0 aliphatic heterocycles. The summed E-state index contributed by atoms with van der Waals surface area (Å²) in [7, 11) is 4.24. The van der Waals surface area contributed by atoms with E-state index < -0.39 is 0 Å². The van der Waals surface area contributed by atoms with Gasteiger partial charge in [0.15, 0.2) is 0 Å². The number of ether oxygens (including phenoxy) is 1. The largest absolute Gasteiger partial charge is 0.461 e. The zero-order valence-electron chi connectivity index (χ0n) is 24.5. The summed E-state index contributed by atoms with van der Waals surface area (Å²) in [6.45, 7) is 6.01. The first-order chi connectivity index (χ1) is 17.1. The van der Waals surface area contributed by atoms with Crippen molar-refractivity contribution < 1.29 is 9.53 Å². The quantitative estimate of drug-likeness (QED) is 0.0647. The highest BCUT2D eigenvalue weighted by Crippen LogP contribution is 2.20. The van der Waals surface area contributed by atoms with Crippen molar-refractivity contribution >= 4 is 5.97 Å². The van der Waals surface area contributed by atoms with Crippen molar-refractivity contribution in [2.24, 2.45) is 5.92 Å². The number of esters is 1. The van der Waals surface area contributed by atoms with E-state index in [4.69, 9.17) is 4.74 Å². The van der Waals surface area contributed by atoms with Gasteiger partial charge in [0.25, 0.3) is 0 Å². The van der Waals surface area contributed by atoms with Crippen molar-refractivity contribution in [3.05, 3.63) is 12.2 Å². The summed E-state index contributed by atoms with van der Waals surface area (Å²) in [6.07, 6.45) is 32.7. The third-order valence-corrected chi connectivity index (χ3v) is 7.14. The Morgan fingerprint density at radius 3 is 1.66 bits per heavy atom. The molecule has 0 amide bonds. The molecule has 0 saturated heterocycles. The van der Waals surface area contributed by atoms with Crippen LogP contribution in [0, 0.1) is 5.92 Å². The minimum absolute atomic E-state index is 0.0187. The Morgan fingerprint density at radius 2 is 1.14 bits per heavy atom. The van der Waals surface area contributed by atoms with Crippen LogP contribution in [0.2, 0.25) is 0 Å². The molecule has 0 fully saturated rings. The molecule has 0 spiro atoms. The zero-order chi connectivity index (χ0) is 25.8. The Kier molecular flexibility index (Phi) is 27.1. The summed E-state index contributed by atoms with van der Waals surface area (Å²) < 4.78 is 5.49. The van der Waals surface area contributed by atoms with Crippen LogP contribution >= 0.6 is 0 Å². The van der Waals surface area contributed by atoms with Crippen LogP contribution in [-0.4, -0.2) is 38.1 Å². The molecule has 0 saturated carbocycles. The molecule has 1 unspecified atom stereocenters. The third-order valence-electron chi connectivity index (χ3n) is 7.14. The second-order valence-electron chi connectivity index (χ2n) is 11.1. The van der Waals surface area contributed by atoms with Gasteiger partial charge in [0.1, 0.15) is 6.61 Å². The zero-order valence-corrected chi connectivity index (χ0v) is 24.5. The number of unbranched alkanes of at least 4 members (excludes halogenated alkanes) is 17. The van der Waals surface area contributed by atoms with E-state index in [1.807, 2.05) is 6.08 Å². The lowest BCUT2D eigenvalue weighted by Crippen LogP contribution is -2.19. The molecule has 3 nitrogen and oxygen atoms in total. The third kappa shape index (κ3) is 27.6. The molecule has 0 aromatic carbocycles. The van der Waals surface area contributed by atoms with Gasteiger partial charge in [-0.05, 0) is 52.2 Å². The second kappa shape index (κ2) is 27.8. The Labute approximate surface area is 220 Å². The van der Waals surface area contributed by atoms with Gasteiger partial charge in [-0.1, -0.05) is 135 Å². The second-order valence-corrected chi connectivity index (χ2v) is 11.1. The lowest BCUT2D eigenvalue weighted by molar-refractivity contribution is -0.143. The van der Waals surface area contributed by atoms with Gasteiger partial charge < -0.3 is 9.64 Å². The summed E-state index contributed by atoms with van der Waals surface area (Å²) in [5.41, 5.74) is 0. The first kappa shape index (κ1) is 34.2. The van der Waals surface area contributed by atoms with E-state index in [9.17, 15) is 4.79 Å². The highest BCUT2D eigenvalue weighted by atomic mass is 16.5. The normalized spacial score (nSPS) is 12.6. The van der Waals surface area contributed by atoms with Crippen LogP contribution in [0.15, 0.2) is 12.2 Å². The summed E-state index contributed by atoms with van der Waals surface area (Å²) in [5.74, 6) is 0.440. The van der Waals surface area contributed by atoms with Gasteiger partial charge in [-0.2, -0.15) is 0 Å². The first-order valence-corrected chi connectivity index (χ1v) is 15.5. The van der Waals surface area contributed by atoms with Crippen molar-refractivity contribution in [3.8, 4) is 0 Å². The fourth-order valence-corrected chi connectivity index (χ4v) is 4.73. The van der Waals surface area contributed by atoms with Crippen LogP contribution in [-0.2, 0) is 9.53 Å². The number of rotatable bonds is 27. The van der Waals surface area contributed by atoms with E-state index in [2.05, 4.69) is 38.9 Å². The Bertz CT molecular complexity index is 460. The van der Waals surface area contributed by atoms with Gasteiger partial charge in [-0.15, -0.1) is 0 Å². The highest BCUT2D eigenvalue weighted by Gasteiger charge is 2.15. The Morgan fingerprint density at radius 1 is 0.657 bits per heavy atom. The molecule has 0 aliphatic rings. The number of hydrogen-bond donors (Lipinski definition) is 0. The van der Waals surface area contributed by atoms with Crippen molar-refractivity contribution in [2.45, 2.75) is 155 Å². The van der Waals surface area contributed by atoms with Gasteiger partial charge in [0.05, 0.1) is 0 Å². The summed E-state index contributed by atoms with van der Waals surface area (Å²) >= 11 is 0. The van der Waals surface area contributed by atoms with Crippen LogP contribution in [0.25, 0.3) is 0 Å². The van der Waals surface area contributed by atoms with Crippen molar-refractivity contribution in [1.82, 2.24) is 4.90 Å². The van der Waals surface area contributed by atoms with Crippen LogP contribution in [0.3, 0.4) is 0 Å². The maximum Gasteiger partial charge on any atom is 0.306 e. The molecule has 208 valence electrons. The van der Waals surface area contributed by atoms with E-state index >= 15 is 0 Å². The van der Waals surface area contributed by atoms with Crippen LogP contribution in [0.5, 0.6) is 0 Å². The van der Waals surface area contributed by atoms with Gasteiger partial charge in [-0.25, -0.2) is 0 Å². The van der Waals surface area contributed by atoms with Crippen molar-refractivity contribution in [1.29, 1.82) is 0 Å². The predicted octanol–water partition coefficient (Wildman–Crippen LogP) is 9.89. The lowest BCUT2D eigenvalue weighted by Gasteiger charge is -2.18. The van der Waals surface area contributed by atoms with Crippen LogP contribution in [0.1, 0.15) is 155 Å². The number of carbonyl (C=O) groups excluding carboxylic acids is 1. The molecular weight excluding hydrogens is 430 g/mol. The molecule has 0 rings (SSSR count). The maximum absolute atomic E-state index is 12.4. The van der Waals surface area contributed by atoms with E-state index in [0.29, 0.717) is 18.9 Å². The molecule has 0 N–H and O–H groups in total. The standard InChI is InChI=1S/C32H63NO2/c1-5-7-9-11-13-14-15-16-17-18-19-20-22-24-26-31(27-28-33(3)4)30-32(34)35-29-25-23-21-12-10-8-6-2/h23,25,31H,5-22,24,26-30H2,1-4H3/b25-23-. The molecule has 3 heteroatoms. The van der Waals surface area contributed by atoms with Crippen LogP contribution < -0.4 is 0 Å². The molecular formula is C32H63NO2. The maximum atomic E-state index is 12.4. The number of nitrogens with zero attached hydrogens (tertiary/aromatic N) is 1. The minimum Gasteiger partial charge on any atom is -0.461 e. The fraction of sp³-hybridized carbons (Fsp3) is 0.906. The van der Waals surface area contributed by atoms with Crippen molar-refractivity contribution in [3.63, 3.8) is 0 Å². The van der Waals surface area contributed by atoms with Crippen LogP contribution in [0.4, 0.5) is 0 Å². The summed E-state index contributed by atoms with van der Waals surface area (Å²) in [5, 5.41) is 0. The number of carbonyl (C=O) groups is 1. The SMILES string of the molecule is CCCCCC/C=C\COC(=O)CC(CCCCCCCCCCCCCCCC)CCN(C)C. The Balaban J connectivity index is 3.81. The minimum atomic E-state index is -0.0187. The molecule has 35 heavy (non-hydrogen) atoms. The molecule has 1 atom stereocenters.